The molecule has 0 aliphatic carbocycles. The van der Waals surface area contributed by atoms with Gasteiger partial charge in [-0.1, -0.05) is 31.7 Å². The van der Waals surface area contributed by atoms with Crippen molar-refractivity contribution in [2.75, 3.05) is 20.6 Å². The van der Waals surface area contributed by atoms with E-state index in [1.807, 2.05) is 34.0 Å². The van der Waals surface area contributed by atoms with Crippen molar-refractivity contribution in [1.29, 1.82) is 0 Å². The molecule has 0 unspecified atom stereocenters. The number of likely N-dealkylation sites (N-methyl/N-ethyl adjacent to an activating group) is 1. The van der Waals surface area contributed by atoms with E-state index in [1.54, 1.807) is 0 Å². The predicted octanol–water partition coefficient (Wildman–Crippen LogP) is 2.99. The highest BCUT2D eigenvalue weighted by Gasteiger charge is 2.07. The van der Waals surface area contributed by atoms with Gasteiger partial charge in [0.1, 0.15) is 0 Å². The summed E-state index contributed by atoms with van der Waals surface area (Å²) in [5.41, 5.74) is 3.46. The molecule has 2 heteroatoms. The van der Waals surface area contributed by atoms with Gasteiger partial charge in [0, 0.05) is 25.2 Å². The van der Waals surface area contributed by atoms with E-state index in [1.165, 1.54) is 5.57 Å². The molecule has 16 heavy (non-hydrogen) atoms. The van der Waals surface area contributed by atoms with E-state index in [0.717, 1.165) is 17.8 Å². The van der Waals surface area contributed by atoms with Crippen molar-refractivity contribution in [3.05, 3.63) is 36.0 Å². The van der Waals surface area contributed by atoms with E-state index in [9.17, 15) is 0 Å². The molecular weight excluding hydrogens is 196 g/mol. The third-order valence-corrected chi connectivity index (χ3v) is 2.67. The number of nitrogens with zero attached hydrogens (tertiary/aromatic N) is 1. The molecule has 1 atom stereocenters. The molecule has 90 valence electrons. The zero-order chi connectivity index (χ0) is 12.6. The summed E-state index contributed by atoms with van der Waals surface area (Å²) in [7, 11) is 3.77. The van der Waals surface area contributed by atoms with Gasteiger partial charge < -0.3 is 5.32 Å². The summed E-state index contributed by atoms with van der Waals surface area (Å²) in [4.78, 5) is 4.20. The Labute approximate surface area is 99.9 Å². The van der Waals surface area contributed by atoms with Gasteiger partial charge in [0.25, 0.3) is 0 Å². The Morgan fingerprint density at radius 1 is 1.50 bits per heavy atom. The number of hydrogen-bond donors (Lipinski definition) is 1. The third kappa shape index (κ3) is 5.08. The smallest absolute Gasteiger partial charge is 0.0276 e. The van der Waals surface area contributed by atoms with E-state index < -0.39 is 0 Å². The fourth-order valence-electron chi connectivity index (χ4n) is 1.40. The molecule has 0 rings (SSSR count). The molecule has 0 aliphatic heterocycles. The van der Waals surface area contributed by atoms with E-state index in [0.29, 0.717) is 5.92 Å². The minimum atomic E-state index is 0.308. The molecule has 0 heterocycles. The molecule has 0 saturated carbocycles. The first-order chi connectivity index (χ1) is 7.56. The lowest BCUT2D eigenvalue weighted by atomic mass is 9.96. The largest absolute Gasteiger partial charge is 0.316 e. The van der Waals surface area contributed by atoms with Crippen LogP contribution in [0.5, 0.6) is 0 Å². The van der Waals surface area contributed by atoms with E-state index in [-0.39, 0.29) is 0 Å². The standard InChI is InChI=1S/C14H24N2/c1-7-8-14(10-15-5)9-11(2)12(3)13(4)16-6/h7-9,12,15H,2,10H2,1,3-6H3/b8-7-,14-9+,16-13?/t12-/m0/s1. The van der Waals surface area contributed by atoms with Crippen LogP contribution in [0, 0.1) is 5.92 Å². The molecule has 0 aromatic carbocycles. The van der Waals surface area contributed by atoms with E-state index in [2.05, 4.69) is 36.0 Å². The minimum Gasteiger partial charge on any atom is -0.316 e. The molecule has 0 radical (unpaired) electrons. The second-order valence-corrected chi connectivity index (χ2v) is 3.91. The van der Waals surface area contributed by atoms with Gasteiger partial charge >= 0.3 is 0 Å². The average molecular weight is 220 g/mol. The molecule has 0 amide bonds. The first-order valence-corrected chi connectivity index (χ1v) is 5.66. The van der Waals surface area contributed by atoms with Crippen LogP contribution in [0.4, 0.5) is 0 Å². The topological polar surface area (TPSA) is 24.4 Å². The molecule has 0 bridgehead atoms. The van der Waals surface area contributed by atoms with Crippen molar-refractivity contribution in [2.45, 2.75) is 20.8 Å². The van der Waals surface area contributed by atoms with E-state index >= 15 is 0 Å². The lowest BCUT2D eigenvalue weighted by Crippen LogP contribution is -2.12. The van der Waals surface area contributed by atoms with Crippen LogP contribution in [-0.4, -0.2) is 26.4 Å². The quantitative estimate of drug-likeness (QED) is 0.540. The summed E-state index contributed by atoms with van der Waals surface area (Å²) in [5.74, 6) is 0.308. The van der Waals surface area contributed by atoms with Crippen molar-refractivity contribution >= 4 is 5.71 Å². The predicted molar refractivity (Wildman–Crippen MR) is 74.2 cm³/mol. The molecule has 2 nitrogen and oxygen atoms in total. The van der Waals surface area contributed by atoms with Gasteiger partial charge in [-0.3, -0.25) is 4.99 Å². The van der Waals surface area contributed by atoms with Crippen molar-refractivity contribution in [3.63, 3.8) is 0 Å². The highest BCUT2D eigenvalue weighted by Crippen LogP contribution is 2.14. The lowest BCUT2D eigenvalue weighted by Gasteiger charge is -2.12. The molecular formula is C14H24N2. The fourth-order valence-corrected chi connectivity index (χ4v) is 1.40. The Morgan fingerprint density at radius 2 is 2.12 bits per heavy atom. The Bertz CT molecular complexity index is 309. The summed E-state index contributed by atoms with van der Waals surface area (Å²) in [5, 5.41) is 3.15. The first-order valence-electron chi connectivity index (χ1n) is 5.66. The van der Waals surface area contributed by atoms with Gasteiger partial charge in [-0.05, 0) is 32.0 Å². The molecule has 0 aliphatic rings. The molecule has 0 spiro atoms. The van der Waals surface area contributed by atoms with Crippen LogP contribution in [0.1, 0.15) is 20.8 Å². The molecule has 0 aromatic rings. The summed E-state index contributed by atoms with van der Waals surface area (Å²) in [6.07, 6.45) is 6.28. The number of rotatable bonds is 6. The van der Waals surface area contributed by atoms with E-state index in [4.69, 9.17) is 0 Å². The first kappa shape index (κ1) is 14.8. The summed E-state index contributed by atoms with van der Waals surface area (Å²) in [6, 6.07) is 0. The van der Waals surface area contributed by atoms with Crippen LogP contribution in [0.3, 0.4) is 0 Å². The second-order valence-electron chi connectivity index (χ2n) is 3.91. The fraction of sp³-hybridized carbons (Fsp3) is 0.500. The summed E-state index contributed by atoms with van der Waals surface area (Å²) < 4.78 is 0. The Morgan fingerprint density at radius 3 is 2.56 bits per heavy atom. The van der Waals surface area contributed by atoms with Gasteiger partial charge in [-0.25, -0.2) is 0 Å². The summed E-state index contributed by atoms with van der Waals surface area (Å²) >= 11 is 0. The van der Waals surface area contributed by atoms with Crippen LogP contribution in [0.15, 0.2) is 40.9 Å². The van der Waals surface area contributed by atoms with Gasteiger partial charge in [0.2, 0.25) is 0 Å². The number of nitrogens with one attached hydrogen (secondary N) is 1. The third-order valence-electron chi connectivity index (χ3n) is 2.67. The molecule has 0 saturated heterocycles. The number of aliphatic imine (C=N–C) groups is 1. The number of allylic oxidation sites excluding steroid dienone is 3. The van der Waals surface area contributed by atoms with Crippen LogP contribution in [0.2, 0.25) is 0 Å². The lowest BCUT2D eigenvalue weighted by molar-refractivity contribution is 0.884. The van der Waals surface area contributed by atoms with Gasteiger partial charge in [0.05, 0.1) is 0 Å². The normalized spacial score (nSPS) is 15.6. The van der Waals surface area contributed by atoms with Gasteiger partial charge in [0.15, 0.2) is 0 Å². The molecule has 1 N–H and O–H groups in total. The average Bonchev–Trinajstić information content (AvgIpc) is 2.27. The Hall–Kier alpha value is -1.15. The maximum atomic E-state index is 4.20. The second kappa shape index (κ2) is 8.05. The Balaban J connectivity index is 4.76. The van der Waals surface area contributed by atoms with Crippen LogP contribution in [0.25, 0.3) is 0 Å². The number of hydrogen-bond acceptors (Lipinski definition) is 2. The van der Waals surface area contributed by atoms with Crippen molar-refractivity contribution < 1.29 is 0 Å². The minimum absolute atomic E-state index is 0.308. The van der Waals surface area contributed by atoms with Crippen LogP contribution >= 0.6 is 0 Å². The highest BCUT2D eigenvalue weighted by molar-refractivity contribution is 5.86. The zero-order valence-electron chi connectivity index (χ0n) is 11.2. The van der Waals surface area contributed by atoms with Crippen LogP contribution in [-0.2, 0) is 0 Å². The van der Waals surface area contributed by atoms with Crippen molar-refractivity contribution in [2.24, 2.45) is 10.9 Å². The van der Waals surface area contributed by atoms with Gasteiger partial charge in [-0.2, -0.15) is 0 Å². The van der Waals surface area contributed by atoms with Crippen LogP contribution < -0.4 is 5.32 Å². The maximum Gasteiger partial charge on any atom is 0.0276 e. The maximum absolute atomic E-state index is 4.20. The van der Waals surface area contributed by atoms with Crippen molar-refractivity contribution in [1.82, 2.24) is 5.32 Å². The highest BCUT2D eigenvalue weighted by atomic mass is 14.8. The van der Waals surface area contributed by atoms with Gasteiger partial charge in [-0.15, -0.1) is 0 Å². The molecule has 0 fully saturated rings. The summed E-state index contributed by atoms with van der Waals surface area (Å²) in [6.45, 7) is 11.2. The van der Waals surface area contributed by atoms with Crippen molar-refractivity contribution in [3.8, 4) is 0 Å². The zero-order valence-corrected chi connectivity index (χ0v) is 11.2. The SMILES string of the molecule is C=C(/C=C(\C=C/C)CNC)[C@H](C)C(C)=NC. The Kier molecular flexibility index (Phi) is 7.48. The molecule has 0 aromatic heterocycles. The monoisotopic (exact) mass is 220 g/mol.